The number of hydrogen-bond acceptors (Lipinski definition) is 2. The average molecular weight is 247 g/mol. The van der Waals surface area contributed by atoms with Gasteiger partial charge in [0, 0.05) is 12.6 Å². The zero-order valence-corrected chi connectivity index (χ0v) is 11.6. The van der Waals surface area contributed by atoms with Gasteiger partial charge in [-0.1, -0.05) is 44.0 Å². The molecule has 0 bridgehead atoms. The Balaban J connectivity index is 1.95. The van der Waals surface area contributed by atoms with Crippen LogP contribution in [0, 0.1) is 0 Å². The van der Waals surface area contributed by atoms with E-state index in [0.717, 1.165) is 12.0 Å². The van der Waals surface area contributed by atoms with Crippen molar-refractivity contribution in [3.05, 3.63) is 35.4 Å². The number of aliphatic hydroxyl groups is 1. The van der Waals surface area contributed by atoms with Crippen LogP contribution in [0.4, 0.5) is 0 Å². The van der Waals surface area contributed by atoms with Gasteiger partial charge in [-0.05, 0) is 37.3 Å². The molecule has 0 amide bonds. The summed E-state index contributed by atoms with van der Waals surface area (Å²) in [5, 5.41) is 14.0. The molecule has 0 aromatic heterocycles. The number of benzene rings is 1. The molecule has 1 saturated carbocycles. The lowest BCUT2D eigenvalue weighted by molar-refractivity contribution is 0.0540. The van der Waals surface area contributed by atoms with E-state index in [1.54, 1.807) is 0 Å². The fraction of sp³-hybridized carbons (Fsp3) is 0.625. The monoisotopic (exact) mass is 247 g/mol. The Morgan fingerprint density at radius 3 is 2.39 bits per heavy atom. The second-order valence-corrected chi connectivity index (χ2v) is 5.69. The van der Waals surface area contributed by atoms with Gasteiger partial charge >= 0.3 is 0 Å². The van der Waals surface area contributed by atoms with Crippen molar-refractivity contribution in [2.45, 2.75) is 57.6 Å². The third-order valence-corrected chi connectivity index (χ3v) is 4.07. The van der Waals surface area contributed by atoms with E-state index >= 15 is 0 Å². The highest BCUT2D eigenvalue weighted by molar-refractivity contribution is 5.27. The lowest BCUT2D eigenvalue weighted by Crippen LogP contribution is -2.39. The standard InChI is InChI=1S/C16H25NO/c1-3-13-8-10-14(11-9-13)16(2,18)12-17-15-6-4-5-7-15/h8-11,15,17-18H,3-7,12H2,1-2H3. The van der Waals surface area contributed by atoms with Gasteiger partial charge in [0.1, 0.15) is 0 Å². The first-order valence-corrected chi connectivity index (χ1v) is 7.17. The minimum atomic E-state index is -0.769. The van der Waals surface area contributed by atoms with Gasteiger partial charge in [-0.25, -0.2) is 0 Å². The van der Waals surface area contributed by atoms with E-state index in [0.29, 0.717) is 12.6 Å². The van der Waals surface area contributed by atoms with E-state index in [4.69, 9.17) is 0 Å². The van der Waals surface area contributed by atoms with Crippen molar-refractivity contribution < 1.29 is 5.11 Å². The Labute approximate surface area is 110 Å². The molecular weight excluding hydrogens is 222 g/mol. The minimum Gasteiger partial charge on any atom is -0.384 e. The number of rotatable bonds is 5. The van der Waals surface area contributed by atoms with Crippen molar-refractivity contribution in [3.63, 3.8) is 0 Å². The summed E-state index contributed by atoms with van der Waals surface area (Å²) in [4.78, 5) is 0. The smallest absolute Gasteiger partial charge is 0.0992 e. The SMILES string of the molecule is CCc1ccc(C(C)(O)CNC2CCCC2)cc1. The van der Waals surface area contributed by atoms with Crippen molar-refractivity contribution in [1.29, 1.82) is 0 Å². The van der Waals surface area contributed by atoms with Crippen LogP contribution in [0.25, 0.3) is 0 Å². The molecule has 0 heterocycles. The van der Waals surface area contributed by atoms with Crippen molar-refractivity contribution in [2.24, 2.45) is 0 Å². The van der Waals surface area contributed by atoms with Gasteiger partial charge < -0.3 is 10.4 Å². The Hall–Kier alpha value is -0.860. The lowest BCUT2D eigenvalue weighted by Gasteiger charge is -2.26. The second kappa shape index (κ2) is 5.85. The summed E-state index contributed by atoms with van der Waals surface area (Å²) in [7, 11) is 0. The number of aryl methyl sites for hydroxylation is 1. The van der Waals surface area contributed by atoms with E-state index in [-0.39, 0.29) is 0 Å². The summed E-state index contributed by atoms with van der Waals surface area (Å²) in [5.41, 5.74) is 1.55. The quantitative estimate of drug-likeness (QED) is 0.838. The molecular formula is C16H25NO. The van der Waals surface area contributed by atoms with Gasteiger partial charge in [-0.2, -0.15) is 0 Å². The molecule has 1 aromatic carbocycles. The van der Waals surface area contributed by atoms with Crippen molar-refractivity contribution in [1.82, 2.24) is 5.32 Å². The van der Waals surface area contributed by atoms with Gasteiger partial charge in [0.05, 0.1) is 5.60 Å². The molecule has 2 nitrogen and oxygen atoms in total. The summed E-state index contributed by atoms with van der Waals surface area (Å²) in [6.45, 7) is 4.69. The van der Waals surface area contributed by atoms with Crippen molar-refractivity contribution in [2.75, 3.05) is 6.54 Å². The van der Waals surface area contributed by atoms with Crippen LogP contribution in [0.2, 0.25) is 0 Å². The van der Waals surface area contributed by atoms with E-state index in [2.05, 4.69) is 36.5 Å². The number of nitrogens with one attached hydrogen (secondary N) is 1. The van der Waals surface area contributed by atoms with Crippen LogP contribution in [-0.2, 0) is 12.0 Å². The zero-order chi connectivity index (χ0) is 13.0. The van der Waals surface area contributed by atoms with Crippen LogP contribution in [0.3, 0.4) is 0 Å². The second-order valence-electron chi connectivity index (χ2n) is 5.69. The summed E-state index contributed by atoms with van der Waals surface area (Å²) in [6, 6.07) is 8.93. The van der Waals surface area contributed by atoms with Crippen LogP contribution < -0.4 is 5.32 Å². The van der Waals surface area contributed by atoms with Gasteiger partial charge in [-0.3, -0.25) is 0 Å². The number of hydrogen-bond donors (Lipinski definition) is 2. The first-order chi connectivity index (χ1) is 8.62. The summed E-state index contributed by atoms with van der Waals surface area (Å²) in [6.07, 6.45) is 6.20. The van der Waals surface area contributed by atoms with Crippen LogP contribution in [0.15, 0.2) is 24.3 Å². The summed E-state index contributed by atoms with van der Waals surface area (Å²) >= 11 is 0. The van der Waals surface area contributed by atoms with Gasteiger partial charge in [-0.15, -0.1) is 0 Å². The molecule has 1 fully saturated rings. The van der Waals surface area contributed by atoms with Gasteiger partial charge in [0.2, 0.25) is 0 Å². The third-order valence-electron chi connectivity index (χ3n) is 4.07. The van der Waals surface area contributed by atoms with Gasteiger partial charge in [0.15, 0.2) is 0 Å². The van der Waals surface area contributed by atoms with E-state index in [1.165, 1.54) is 31.2 Å². The van der Waals surface area contributed by atoms with Crippen molar-refractivity contribution >= 4 is 0 Å². The van der Waals surface area contributed by atoms with Crippen LogP contribution >= 0.6 is 0 Å². The molecule has 2 rings (SSSR count). The van der Waals surface area contributed by atoms with Crippen molar-refractivity contribution in [3.8, 4) is 0 Å². The Bertz CT molecular complexity index is 363. The Morgan fingerprint density at radius 2 is 1.83 bits per heavy atom. The molecule has 1 unspecified atom stereocenters. The molecule has 100 valence electrons. The maximum Gasteiger partial charge on any atom is 0.0992 e. The fourth-order valence-electron chi connectivity index (χ4n) is 2.67. The maximum absolute atomic E-state index is 10.5. The van der Waals surface area contributed by atoms with Crippen LogP contribution in [0.5, 0.6) is 0 Å². The predicted molar refractivity (Wildman–Crippen MR) is 75.6 cm³/mol. The molecule has 1 atom stereocenters. The highest BCUT2D eigenvalue weighted by atomic mass is 16.3. The molecule has 1 aliphatic rings. The first-order valence-electron chi connectivity index (χ1n) is 7.17. The minimum absolute atomic E-state index is 0.603. The lowest BCUT2D eigenvalue weighted by atomic mass is 9.94. The highest BCUT2D eigenvalue weighted by Crippen LogP contribution is 2.23. The molecule has 18 heavy (non-hydrogen) atoms. The Morgan fingerprint density at radius 1 is 1.22 bits per heavy atom. The average Bonchev–Trinajstić information content (AvgIpc) is 2.90. The summed E-state index contributed by atoms with van der Waals surface area (Å²) in [5.74, 6) is 0. The molecule has 0 aliphatic heterocycles. The highest BCUT2D eigenvalue weighted by Gasteiger charge is 2.25. The van der Waals surface area contributed by atoms with E-state index in [1.807, 2.05) is 6.92 Å². The maximum atomic E-state index is 10.5. The summed E-state index contributed by atoms with van der Waals surface area (Å²) < 4.78 is 0. The molecule has 2 N–H and O–H groups in total. The first kappa shape index (κ1) is 13.6. The molecule has 0 spiro atoms. The van der Waals surface area contributed by atoms with Gasteiger partial charge in [0.25, 0.3) is 0 Å². The van der Waals surface area contributed by atoms with Crippen LogP contribution in [0.1, 0.15) is 50.7 Å². The predicted octanol–water partition coefficient (Wildman–Crippen LogP) is 2.99. The van der Waals surface area contributed by atoms with E-state index in [9.17, 15) is 5.11 Å². The molecule has 1 aromatic rings. The normalized spacial score (nSPS) is 19.9. The van der Waals surface area contributed by atoms with Crippen LogP contribution in [-0.4, -0.2) is 17.7 Å². The fourth-order valence-corrected chi connectivity index (χ4v) is 2.67. The molecule has 0 radical (unpaired) electrons. The molecule has 1 aliphatic carbocycles. The molecule has 0 saturated heterocycles. The third kappa shape index (κ3) is 3.33. The molecule has 2 heteroatoms. The Kier molecular flexibility index (Phi) is 4.41. The zero-order valence-electron chi connectivity index (χ0n) is 11.6. The van der Waals surface area contributed by atoms with E-state index < -0.39 is 5.60 Å². The topological polar surface area (TPSA) is 32.3 Å². The largest absolute Gasteiger partial charge is 0.384 e.